The first-order valence-electron chi connectivity index (χ1n) is 6.28. The van der Waals surface area contributed by atoms with Crippen molar-refractivity contribution in [2.45, 2.75) is 66.2 Å². The third-order valence-electron chi connectivity index (χ3n) is 3.36. The molecule has 95 valence electrons. The second-order valence-electron chi connectivity index (χ2n) is 7.07. The number of benzene rings is 1. The van der Waals surface area contributed by atoms with Gasteiger partial charge >= 0.3 is 115 Å². The van der Waals surface area contributed by atoms with Gasteiger partial charge in [0.2, 0.25) is 0 Å². The summed E-state index contributed by atoms with van der Waals surface area (Å²) in [4.78, 5) is 0. The fourth-order valence-electron chi connectivity index (χ4n) is 2.35. The van der Waals surface area contributed by atoms with E-state index in [1.165, 1.54) is 26.7 Å². The fourth-order valence-corrected chi connectivity index (χ4v) is 4.08. The molecule has 0 aliphatic carbocycles. The Morgan fingerprint density at radius 1 is 0.882 bits per heavy atom. The zero-order valence-electron chi connectivity index (χ0n) is 12.5. The Labute approximate surface area is 115 Å². The minimum absolute atomic E-state index is 0.191. The Kier molecular flexibility index (Phi) is 3.87. The summed E-state index contributed by atoms with van der Waals surface area (Å²) in [5.74, 6) is 0. The molecule has 1 aromatic rings. The monoisotopic (exact) mass is 297 g/mol. The molecule has 1 heteroatoms. The summed E-state index contributed by atoms with van der Waals surface area (Å²) in [5, 5.41) is 0. The van der Waals surface area contributed by atoms with Crippen molar-refractivity contribution in [3.8, 4) is 0 Å². The minimum atomic E-state index is 0.191. The molecule has 0 fully saturated rings. The zero-order chi connectivity index (χ0) is 13.6. The first-order chi connectivity index (χ1) is 7.46. The summed E-state index contributed by atoms with van der Waals surface area (Å²) in [7, 11) is 0. The molecular weight excluding hydrogens is 271 g/mol. The molecule has 0 saturated heterocycles. The van der Waals surface area contributed by atoms with Gasteiger partial charge in [0.15, 0.2) is 0 Å². The van der Waals surface area contributed by atoms with Crippen molar-refractivity contribution >= 4 is 20.5 Å². The predicted molar refractivity (Wildman–Crippen MR) is 78.7 cm³/mol. The molecule has 0 N–H and O–H groups in total. The van der Waals surface area contributed by atoms with Gasteiger partial charge in [-0.2, -0.15) is 0 Å². The Morgan fingerprint density at radius 2 is 1.35 bits per heavy atom. The van der Waals surface area contributed by atoms with Crippen molar-refractivity contribution in [2.24, 2.45) is 0 Å². The quantitative estimate of drug-likeness (QED) is 0.641. The number of hydrogen-bond acceptors (Lipinski definition) is 0. The van der Waals surface area contributed by atoms with Crippen LogP contribution >= 0.6 is 0 Å². The summed E-state index contributed by atoms with van der Waals surface area (Å²) in [5.41, 5.74) is 6.13. The van der Waals surface area contributed by atoms with Crippen LogP contribution in [0.2, 0.25) is 0 Å². The Bertz CT molecular complexity index is 428. The van der Waals surface area contributed by atoms with E-state index >= 15 is 0 Å². The third-order valence-corrected chi connectivity index (χ3v) is 4.25. The van der Waals surface area contributed by atoms with Crippen LogP contribution in [-0.4, -0.2) is 16.0 Å². The van der Waals surface area contributed by atoms with Crippen molar-refractivity contribution in [3.63, 3.8) is 0 Å². The van der Waals surface area contributed by atoms with Crippen LogP contribution in [0.4, 0.5) is 0 Å². The van der Waals surface area contributed by atoms with E-state index in [0.29, 0.717) is 0 Å². The van der Waals surface area contributed by atoms with E-state index in [1.807, 2.05) is 0 Å². The van der Waals surface area contributed by atoms with Gasteiger partial charge in [0, 0.05) is 0 Å². The predicted octanol–water partition coefficient (Wildman–Crippen LogP) is 3.69. The standard InChI is InChI=1S/C16H25Se/c1-10-9-12(15(3,4)5)14(17)13(11(10)2)16(6,7)8/h9H,1-8H3. The van der Waals surface area contributed by atoms with Crippen LogP contribution in [0.15, 0.2) is 6.07 Å². The van der Waals surface area contributed by atoms with Gasteiger partial charge in [-0.3, -0.25) is 0 Å². The number of hydrogen-bond donors (Lipinski definition) is 0. The Balaban J connectivity index is 3.67. The molecule has 0 aliphatic rings. The molecule has 0 nitrogen and oxygen atoms in total. The maximum atomic E-state index is 3.32. The van der Waals surface area contributed by atoms with Gasteiger partial charge in [0.05, 0.1) is 0 Å². The molecule has 1 aromatic carbocycles. The first kappa shape index (κ1) is 14.8. The summed E-state index contributed by atoms with van der Waals surface area (Å²) in [6, 6.07) is 2.34. The SMILES string of the molecule is Cc1cc(C(C)(C)C)c([Se])c(C(C)(C)C)c1C. The van der Waals surface area contributed by atoms with E-state index in [4.69, 9.17) is 0 Å². The summed E-state index contributed by atoms with van der Waals surface area (Å²) < 4.78 is 1.35. The van der Waals surface area contributed by atoms with E-state index in [0.717, 1.165) is 0 Å². The van der Waals surface area contributed by atoms with Crippen molar-refractivity contribution in [1.29, 1.82) is 0 Å². The van der Waals surface area contributed by atoms with Gasteiger partial charge in [-0.1, -0.05) is 0 Å². The second-order valence-corrected chi connectivity index (χ2v) is 7.93. The van der Waals surface area contributed by atoms with Crippen LogP contribution in [0.25, 0.3) is 0 Å². The number of aryl methyl sites for hydroxylation is 1. The molecule has 17 heavy (non-hydrogen) atoms. The topological polar surface area (TPSA) is 0 Å². The normalized spacial score (nSPS) is 12.9. The maximum absolute atomic E-state index is 3.32. The van der Waals surface area contributed by atoms with Gasteiger partial charge in [-0.05, 0) is 0 Å². The molecule has 1 radical (unpaired) electrons. The van der Waals surface area contributed by atoms with Gasteiger partial charge < -0.3 is 0 Å². The van der Waals surface area contributed by atoms with E-state index in [1.54, 1.807) is 0 Å². The molecule has 0 spiro atoms. The van der Waals surface area contributed by atoms with Crippen molar-refractivity contribution in [3.05, 3.63) is 28.3 Å². The van der Waals surface area contributed by atoms with E-state index in [9.17, 15) is 0 Å². The third kappa shape index (κ3) is 2.95. The summed E-state index contributed by atoms with van der Waals surface area (Å²) in [6.07, 6.45) is 0. The molecule has 0 bridgehead atoms. The first-order valence-corrected chi connectivity index (χ1v) is 7.14. The van der Waals surface area contributed by atoms with Crippen LogP contribution in [0.3, 0.4) is 0 Å². The molecule has 0 amide bonds. The summed E-state index contributed by atoms with van der Waals surface area (Å²) in [6.45, 7) is 18.2. The molecule has 0 aliphatic heterocycles. The average molecular weight is 296 g/mol. The van der Waals surface area contributed by atoms with Crippen LogP contribution in [-0.2, 0) is 10.8 Å². The van der Waals surface area contributed by atoms with Gasteiger partial charge in [-0.25, -0.2) is 0 Å². The van der Waals surface area contributed by atoms with Crippen molar-refractivity contribution < 1.29 is 0 Å². The van der Waals surface area contributed by atoms with E-state index < -0.39 is 0 Å². The van der Waals surface area contributed by atoms with Crippen LogP contribution < -0.4 is 4.46 Å². The van der Waals surface area contributed by atoms with Crippen LogP contribution in [0.5, 0.6) is 0 Å². The van der Waals surface area contributed by atoms with E-state index in [2.05, 4.69) is 77.5 Å². The molecule has 0 saturated carbocycles. The molecular formula is C16H25Se. The zero-order valence-corrected chi connectivity index (χ0v) is 14.2. The van der Waals surface area contributed by atoms with E-state index in [-0.39, 0.29) is 10.8 Å². The summed E-state index contributed by atoms with van der Waals surface area (Å²) >= 11 is 3.32. The molecule has 0 heterocycles. The second kappa shape index (κ2) is 4.44. The fraction of sp³-hybridized carbons (Fsp3) is 0.625. The van der Waals surface area contributed by atoms with Gasteiger partial charge in [0.25, 0.3) is 0 Å². The molecule has 1 rings (SSSR count). The molecule has 0 aromatic heterocycles. The Morgan fingerprint density at radius 3 is 1.71 bits per heavy atom. The van der Waals surface area contributed by atoms with Crippen LogP contribution in [0.1, 0.15) is 63.8 Å². The average Bonchev–Trinajstić information content (AvgIpc) is 2.07. The Hall–Kier alpha value is -0.261. The molecule has 0 atom stereocenters. The van der Waals surface area contributed by atoms with Crippen LogP contribution in [0, 0.1) is 13.8 Å². The van der Waals surface area contributed by atoms with Gasteiger partial charge in [-0.15, -0.1) is 0 Å². The number of rotatable bonds is 0. The molecule has 0 unspecified atom stereocenters. The van der Waals surface area contributed by atoms with Gasteiger partial charge in [0.1, 0.15) is 0 Å². The van der Waals surface area contributed by atoms with Crippen molar-refractivity contribution in [1.82, 2.24) is 0 Å². The van der Waals surface area contributed by atoms with Crippen molar-refractivity contribution in [2.75, 3.05) is 0 Å².